The van der Waals surface area contributed by atoms with E-state index in [-0.39, 0.29) is 12.3 Å². The normalized spacial score (nSPS) is 11.8. The predicted molar refractivity (Wildman–Crippen MR) is 130 cm³/mol. The molecule has 0 spiro atoms. The fourth-order valence-corrected chi connectivity index (χ4v) is 4.85. The molecule has 0 saturated heterocycles. The first-order valence-electron chi connectivity index (χ1n) is 10.2. The molecule has 0 radical (unpaired) electrons. The number of ether oxygens (including phenoxy) is 2. The number of amides is 1. The lowest BCUT2D eigenvalue weighted by Crippen LogP contribution is -2.15. The van der Waals surface area contributed by atoms with Crippen LogP contribution in [-0.4, -0.2) is 30.4 Å². The second-order valence-corrected chi connectivity index (χ2v) is 9.62. The summed E-state index contributed by atoms with van der Waals surface area (Å²) in [5.41, 5.74) is 3.58. The maximum atomic E-state index is 12.6. The molecule has 3 rings (SSSR count). The van der Waals surface area contributed by atoms with E-state index >= 15 is 0 Å². The van der Waals surface area contributed by atoms with E-state index < -0.39 is 0 Å². The second-order valence-electron chi connectivity index (χ2n) is 7.25. The standard InChI is InChI=1S/C24H28N2O3S2/c1-6-16(3)31-19-8-9-20(15(2)11-19)26-23(27)13-18-14-30-24(25-18)17-7-10-21(28-4)22(12-17)29-5/h7-12,14,16H,6,13H2,1-5H3,(H,26,27). The van der Waals surface area contributed by atoms with Gasteiger partial charge in [-0.2, -0.15) is 0 Å². The van der Waals surface area contributed by atoms with Gasteiger partial charge in [0.2, 0.25) is 5.91 Å². The lowest BCUT2D eigenvalue weighted by molar-refractivity contribution is -0.115. The Kier molecular flexibility index (Phi) is 7.98. The smallest absolute Gasteiger partial charge is 0.230 e. The van der Waals surface area contributed by atoms with E-state index in [0.29, 0.717) is 16.7 Å². The number of carbonyl (C=O) groups excluding carboxylic acids is 1. The van der Waals surface area contributed by atoms with Crippen molar-refractivity contribution in [3.05, 3.63) is 53.0 Å². The molecule has 1 N–H and O–H groups in total. The summed E-state index contributed by atoms with van der Waals surface area (Å²) in [6.45, 7) is 6.43. The number of hydrogen-bond acceptors (Lipinski definition) is 6. The Balaban J connectivity index is 1.65. The number of hydrogen-bond donors (Lipinski definition) is 1. The van der Waals surface area contributed by atoms with Crippen molar-refractivity contribution in [1.29, 1.82) is 0 Å². The number of benzene rings is 2. The second kappa shape index (κ2) is 10.7. The van der Waals surface area contributed by atoms with Gasteiger partial charge < -0.3 is 14.8 Å². The van der Waals surface area contributed by atoms with Crippen LogP contribution in [-0.2, 0) is 11.2 Å². The first-order valence-corrected chi connectivity index (χ1v) is 11.9. The average Bonchev–Trinajstić information content (AvgIpc) is 3.23. The molecule has 31 heavy (non-hydrogen) atoms. The number of thioether (sulfide) groups is 1. The summed E-state index contributed by atoms with van der Waals surface area (Å²) < 4.78 is 10.7. The van der Waals surface area contributed by atoms with E-state index in [1.54, 1.807) is 14.2 Å². The molecule has 5 nitrogen and oxygen atoms in total. The predicted octanol–water partition coefficient (Wildman–Crippen LogP) is 6.21. The largest absolute Gasteiger partial charge is 0.493 e. The summed E-state index contributed by atoms with van der Waals surface area (Å²) in [5, 5.41) is 6.35. The third kappa shape index (κ3) is 6.02. The number of carbonyl (C=O) groups is 1. The minimum absolute atomic E-state index is 0.0745. The molecule has 7 heteroatoms. The summed E-state index contributed by atoms with van der Waals surface area (Å²) in [7, 11) is 3.22. The Morgan fingerprint density at radius 3 is 2.61 bits per heavy atom. The monoisotopic (exact) mass is 456 g/mol. The van der Waals surface area contributed by atoms with Crippen molar-refractivity contribution >= 4 is 34.7 Å². The van der Waals surface area contributed by atoms with Gasteiger partial charge in [-0.15, -0.1) is 23.1 Å². The molecule has 0 aliphatic heterocycles. The molecule has 0 fully saturated rings. The summed E-state index contributed by atoms with van der Waals surface area (Å²) in [6, 6.07) is 11.9. The SMILES string of the molecule is CCC(C)Sc1ccc(NC(=O)Cc2csc(-c3ccc(OC)c(OC)c3)n2)c(C)c1. The number of thiazole rings is 1. The molecule has 164 valence electrons. The summed E-state index contributed by atoms with van der Waals surface area (Å²) >= 11 is 3.36. The molecule has 1 aromatic heterocycles. The molecule has 0 aliphatic rings. The number of methoxy groups -OCH3 is 2. The molecule has 1 heterocycles. The van der Waals surface area contributed by atoms with Gasteiger partial charge in [0, 0.05) is 26.8 Å². The lowest BCUT2D eigenvalue weighted by atomic mass is 10.2. The zero-order valence-corrected chi connectivity index (χ0v) is 20.2. The first kappa shape index (κ1) is 23.2. The Morgan fingerprint density at radius 2 is 1.94 bits per heavy atom. The molecule has 0 aliphatic carbocycles. The minimum Gasteiger partial charge on any atom is -0.493 e. The summed E-state index contributed by atoms with van der Waals surface area (Å²) in [4.78, 5) is 18.4. The highest BCUT2D eigenvalue weighted by molar-refractivity contribution is 7.99. The van der Waals surface area contributed by atoms with Crippen LogP contribution in [0, 0.1) is 6.92 Å². The van der Waals surface area contributed by atoms with Crippen LogP contribution < -0.4 is 14.8 Å². The number of anilines is 1. The van der Waals surface area contributed by atoms with Crippen LogP contribution in [0.5, 0.6) is 11.5 Å². The third-order valence-electron chi connectivity index (χ3n) is 4.91. The van der Waals surface area contributed by atoms with Crippen molar-refractivity contribution in [2.24, 2.45) is 0 Å². The maximum absolute atomic E-state index is 12.6. The van der Waals surface area contributed by atoms with Crippen LogP contribution in [0.4, 0.5) is 5.69 Å². The van der Waals surface area contributed by atoms with E-state index in [1.165, 1.54) is 16.2 Å². The van der Waals surface area contributed by atoms with Crippen LogP contribution in [0.2, 0.25) is 0 Å². The van der Waals surface area contributed by atoms with E-state index in [9.17, 15) is 4.79 Å². The van der Waals surface area contributed by atoms with Crippen LogP contribution in [0.15, 0.2) is 46.7 Å². The fourth-order valence-electron chi connectivity index (χ4n) is 3.01. The van der Waals surface area contributed by atoms with Crippen LogP contribution in [0.1, 0.15) is 31.5 Å². The topological polar surface area (TPSA) is 60.5 Å². The minimum atomic E-state index is -0.0745. The number of nitrogens with zero attached hydrogens (tertiary/aromatic N) is 1. The van der Waals surface area contributed by atoms with Crippen molar-refractivity contribution in [3.8, 4) is 22.1 Å². The van der Waals surface area contributed by atoms with Crippen molar-refractivity contribution in [2.45, 2.75) is 43.8 Å². The third-order valence-corrected chi connectivity index (χ3v) is 7.11. The Labute approximate surface area is 192 Å². The summed E-state index contributed by atoms with van der Waals surface area (Å²) in [6.07, 6.45) is 1.35. The van der Waals surface area contributed by atoms with Crippen molar-refractivity contribution in [1.82, 2.24) is 4.98 Å². The van der Waals surface area contributed by atoms with Gasteiger partial charge in [0.05, 0.1) is 26.3 Å². The van der Waals surface area contributed by atoms with Gasteiger partial charge >= 0.3 is 0 Å². The molecule has 0 bridgehead atoms. The molecule has 1 amide bonds. The number of aromatic nitrogens is 1. The lowest BCUT2D eigenvalue weighted by Gasteiger charge is -2.12. The highest BCUT2D eigenvalue weighted by Crippen LogP contribution is 2.34. The van der Waals surface area contributed by atoms with Gasteiger partial charge in [0.1, 0.15) is 5.01 Å². The van der Waals surface area contributed by atoms with E-state index in [1.807, 2.05) is 48.3 Å². The number of aryl methyl sites for hydroxylation is 1. The van der Waals surface area contributed by atoms with Crippen LogP contribution in [0.3, 0.4) is 0 Å². The molecular weight excluding hydrogens is 428 g/mol. The number of nitrogens with one attached hydrogen (secondary N) is 1. The van der Waals surface area contributed by atoms with Crippen molar-refractivity contribution in [3.63, 3.8) is 0 Å². The molecule has 1 atom stereocenters. The molecule has 2 aromatic carbocycles. The zero-order chi connectivity index (χ0) is 22.4. The van der Waals surface area contributed by atoms with Gasteiger partial charge in [0.25, 0.3) is 0 Å². The van der Waals surface area contributed by atoms with Crippen molar-refractivity contribution < 1.29 is 14.3 Å². The maximum Gasteiger partial charge on any atom is 0.230 e. The molecule has 0 saturated carbocycles. The van der Waals surface area contributed by atoms with Gasteiger partial charge in [-0.1, -0.05) is 13.8 Å². The first-order chi connectivity index (χ1) is 14.9. The highest BCUT2D eigenvalue weighted by atomic mass is 32.2. The summed E-state index contributed by atoms with van der Waals surface area (Å²) in [5.74, 6) is 1.25. The van der Waals surface area contributed by atoms with Crippen LogP contribution >= 0.6 is 23.1 Å². The quantitative estimate of drug-likeness (QED) is 0.388. The van der Waals surface area contributed by atoms with Gasteiger partial charge in [-0.3, -0.25) is 4.79 Å². The Hall–Kier alpha value is -2.51. The number of rotatable bonds is 9. The van der Waals surface area contributed by atoms with Gasteiger partial charge in [-0.05, 0) is 55.3 Å². The molecule has 1 unspecified atom stereocenters. The van der Waals surface area contributed by atoms with Crippen molar-refractivity contribution in [2.75, 3.05) is 19.5 Å². The van der Waals surface area contributed by atoms with Crippen LogP contribution in [0.25, 0.3) is 10.6 Å². The average molecular weight is 457 g/mol. The zero-order valence-electron chi connectivity index (χ0n) is 18.5. The van der Waals surface area contributed by atoms with E-state index in [2.05, 4.69) is 36.3 Å². The highest BCUT2D eigenvalue weighted by Gasteiger charge is 2.13. The van der Waals surface area contributed by atoms with E-state index in [4.69, 9.17) is 9.47 Å². The molecule has 3 aromatic rings. The Morgan fingerprint density at radius 1 is 1.16 bits per heavy atom. The fraction of sp³-hybridized carbons (Fsp3) is 0.333. The van der Waals surface area contributed by atoms with Gasteiger partial charge in [0.15, 0.2) is 11.5 Å². The van der Waals surface area contributed by atoms with Gasteiger partial charge in [-0.25, -0.2) is 4.98 Å². The Bertz CT molecular complexity index is 1050. The molecular formula is C24H28N2O3S2. The van der Waals surface area contributed by atoms with E-state index in [0.717, 1.165) is 33.9 Å².